The number of rotatable bonds is 5. The van der Waals surface area contributed by atoms with Crippen molar-refractivity contribution in [1.82, 2.24) is 0 Å². The van der Waals surface area contributed by atoms with Crippen molar-refractivity contribution in [2.75, 3.05) is 23.1 Å². The number of ether oxygens (including phenoxy) is 3. The Balaban J connectivity index is 3.19. The largest absolute Gasteiger partial charge is 0.493 e. The predicted molar refractivity (Wildman–Crippen MR) is 76.6 cm³/mol. The fourth-order valence-electron chi connectivity index (χ4n) is 1.18. The fourth-order valence-corrected chi connectivity index (χ4v) is 1.60. The molecule has 0 fully saturated rings. The quantitative estimate of drug-likeness (QED) is 0.263. The molecule has 0 amide bonds. The maximum absolute atomic E-state index is 11.3. The van der Waals surface area contributed by atoms with E-state index < -0.39 is 5.97 Å². The van der Waals surface area contributed by atoms with Gasteiger partial charge in [-0.3, -0.25) is 4.79 Å². The van der Waals surface area contributed by atoms with E-state index in [0.717, 1.165) is 5.69 Å². The van der Waals surface area contributed by atoms with E-state index in [-0.39, 0.29) is 11.1 Å². The molecule has 1 N–H and O–H groups in total. The molecule has 0 heterocycles. The Bertz CT molecular complexity index is 388. The Morgan fingerprint density at radius 3 is 2.24 bits per heavy atom. The van der Waals surface area contributed by atoms with Gasteiger partial charge < -0.3 is 17.7 Å². The number of methoxy groups -OCH3 is 2. The van der Waals surface area contributed by atoms with E-state index in [1.165, 1.54) is 14.2 Å². The second-order valence-electron chi connectivity index (χ2n) is 2.91. The van der Waals surface area contributed by atoms with Crippen LogP contribution in [0.3, 0.4) is 0 Å². The second kappa shape index (κ2) is 6.90. The molecule has 17 heavy (non-hydrogen) atoms. The van der Waals surface area contributed by atoms with Crippen LogP contribution in [-0.2, 0) is 4.79 Å². The number of halogens is 2. The fraction of sp³-hybridized carbons (Fsp3) is 0.300. The van der Waals surface area contributed by atoms with Gasteiger partial charge in [0.1, 0.15) is 5.33 Å². The van der Waals surface area contributed by atoms with Gasteiger partial charge in [-0.25, -0.2) is 0 Å². The first-order chi connectivity index (χ1) is 8.15. The zero-order valence-corrected chi connectivity index (χ0v) is 13.0. The summed E-state index contributed by atoms with van der Waals surface area (Å²) < 4.78 is 18.4. The normalized spacial score (nSPS) is 9.65. The minimum absolute atomic E-state index is 0.103. The average Bonchev–Trinajstić information content (AvgIpc) is 2.38. The van der Waals surface area contributed by atoms with Crippen LogP contribution in [0.25, 0.3) is 0 Å². The van der Waals surface area contributed by atoms with Gasteiger partial charge in [-0.05, 0) is 0 Å². The number of benzene rings is 1. The lowest BCUT2D eigenvalue weighted by molar-refractivity contribution is -0.131. The van der Waals surface area contributed by atoms with Gasteiger partial charge in [-0.2, -0.15) is 0 Å². The van der Waals surface area contributed by atoms with Crippen LogP contribution < -0.4 is 17.7 Å². The lowest BCUT2D eigenvalue weighted by Gasteiger charge is -2.14. The zero-order valence-electron chi connectivity index (χ0n) is 9.25. The third kappa shape index (κ3) is 3.63. The summed E-state index contributed by atoms with van der Waals surface area (Å²) in [5.41, 5.74) is 0.790. The Hall–Kier alpha value is -0.700. The topological polar surface area (TPSA) is 56.8 Å². The van der Waals surface area contributed by atoms with Gasteiger partial charge in [0.2, 0.25) is 5.75 Å². The van der Waals surface area contributed by atoms with E-state index in [2.05, 4.69) is 19.5 Å². The van der Waals surface area contributed by atoms with Gasteiger partial charge in [-0.1, -0.05) is 15.9 Å². The summed E-state index contributed by atoms with van der Waals surface area (Å²) in [6.45, 7) is 0. The molecule has 5 nitrogen and oxygen atoms in total. The first-order valence-electron chi connectivity index (χ1n) is 4.55. The molecule has 0 spiro atoms. The molecule has 1 aromatic rings. The summed E-state index contributed by atoms with van der Waals surface area (Å²) in [7, 11) is 2.99. The Labute approximate surface area is 121 Å². The summed E-state index contributed by atoms with van der Waals surface area (Å²) >= 11 is 5.01. The van der Waals surface area contributed by atoms with Gasteiger partial charge in [-0.15, -0.1) is 0 Å². The van der Waals surface area contributed by atoms with Crippen molar-refractivity contribution in [2.45, 2.75) is 0 Å². The second-order valence-corrected chi connectivity index (χ2v) is 4.01. The number of anilines is 1. The van der Waals surface area contributed by atoms with E-state index >= 15 is 0 Å². The molecule has 94 valence electrons. The molecule has 0 radical (unpaired) electrons. The van der Waals surface area contributed by atoms with Crippen molar-refractivity contribution >= 4 is 50.5 Å². The van der Waals surface area contributed by atoms with Crippen molar-refractivity contribution in [3.05, 3.63) is 12.1 Å². The maximum Gasteiger partial charge on any atom is 0.322 e. The number of nitrogens with one attached hydrogen (secondary N) is 1. The minimum Gasteiger partial charge on any atom is -0.493 e. The third-order valence-corrected chi connectivity index (χ3v) is 2.98. The smallest absolute Gasteiger partial charge is 0.322 e. The first-order valence-corrected chi connectivity index (χ1v) is 6.75. The highest BCUT2D eigenvalue weighted by Crippen LogP contribution is 2.40. The Morgan fingerprint density at radius 2 is 1.88 bits per heavy atom. The highest BCUT2D eigenvalue weighted by Gasteiger charge is 2.16. The molecule has 1 aromatic carbocycles. The molecule has 0 unspecified atom stereocenters. The highest BCUT2D eigenvalue weighted by atomic mass is 127. The summed E-state index contributed by atoms with van der Waals surface area (Å²) in [6, 6.07) is 3.43. The zero-order chi connectivity index (χ0) is 12.8. The number of carbonyl (C=O) groups excluding carboxylic acids is 1. The van der Waals surface area contributed by atoms with Crippen LogP contribution in [0.15, 0.2) is 12.1 Å². The number of carbonyl (C=O) groups is 1. The Kier molecular flexibility index (Phi) is 5.83. The molecule has 0 aliphatic rings. The van der Waals surface area contributed by atoms with Crippen LogP contribution in [0.4, 0.5) is 5.69 Å². The lowest BCUT2D eigenvalue weighted by Crippen LogP contribution is -2.10. The van der Waals surface area contributed by atoms with Crippen LogP contribution in [-0.4, -0.2) is 25.5 Å². The number of hydrogen-bond acceptors (Lipinski definition) is 5. The van der Waals surface area contributed by atoms with Gasteiger partial charge >= 0.3 is 5.97 Å². The molecule has 0 aliphatic carbocycles. The lowest BCUT2D eigenvalue weighted by atomic mass is 10.2. The molecule has 0 aliphatic heterocycles. The van der Waals surface area contributed by atoms with Crippen LogP contribution in [0.5, 0.6) is 17.2 Å². The molecule has 1 rings (SSSR count). The molecule has 7 heteroatoms. The minimum atomic E-state index is -0.420. The van der Waals surface area contributed by atoms with Crippen LogP contribution >= 0.6 is 38.8 Å². The summed E-state index contributed by atoms with van der Waals surface area (Å²) in [5.74, 6) is 0.710. The van der Waals surface area contributed by atoms with Crippen LogP contribution in [0.2, 0.25) is 0 Å². The van der Waals surface area contributed by atoms with Crippen molar-refractivity contribution in [3.8, 4) is 17.2 Å². The van der Waals surface area contributed by atoms with Crippen molar-refractivity contribution < 1.29 is 19.0 Å². The van der Waals surface area contributed by atoms with Crippen LogP contribution in [0.1, 0.15) is 0 Å². The summed E-state index contributed by atoms with van der Waals surface area (Å²) in [6.07, 6.45) is 0. The molecule has 0 aromatic heterocycles. The van der Waals surface area contributed by atoms with E-state index in [1.54, 1.807) is 12.1 Å². The van der Waals surface area contributed by atoms with E-state index in [4.69, 9.17) is 14.2 Å². The molecule has 0 saturated heterocycles. The van der Waals surface area contributed by atoms with Crippen molar-refractivity contribution in [2.24, 2.45) is 0 Å². The van der Waals surface area contributed by atoms with Gasteiger partial charge in [0.15, 0.2) is 11.5 Å². The van der Waals surface area contributed by atoms with Gasteiger partial charge in [0.05, 0.1) is 42.8 Å². The molecular formula is C10H11BrINO4. The first kappa shape index (κ1) is 14.4. The average molecular weight is 416 g/mol. The van der Waals surface area contributed by atoms with Gasteiger partial charge in [0.25, 0.3) is 0 Å². The Morgan fingerprint density at radius 1 is 1.35 bits per heavy atom. The van der Waals surface area contributed by atoms with Crippen LogP contribution in [0, 0.1) is 0 Å². The predicted octanol–water partition coefficient (Wildman–Crippen LogP) is 2.77. The number of esters is 1. The van der Waals surface area contributed by atoms with E-state index in [0.29, 0.717) is 11.5 Å². The summed E-state index contributed by atoms with van der Waals surface area (Å²) in [4.78, 5) is 11.3. The maximum atomic E-state index is 11.3. The van der Waals surface area contributed by atoms with Gasteiger partial charge in [0, 0.05) is 12.1 Å². The SMILES string of the molecule is COc1cc(NI)cc(OC)c1OC(=O)CBr. The van der Waals surface area contributed by atoms with Crippen molar-refractivity contribution in [1.29, 1.82) is 0 Å². The van der Waals surface area contributed by atoms with Crippen molar-refractivity contribution in [3.63, 3.8) is 0 Å². The molecule has 0 saturated carbocycles. The van der Waals surface area contributed by atoms with E-state index in [9.17, 15) is 4.79 Å². The standard InChI is InChI=1S/C10H11BrINO4/c1-15-7-3-6(13-12)4-8(16-2)10(7)17-9(14)5-11/h3-4,13H,5H2,1-2H3. The molecule has 0 bridgehead atoms. The van der Waals surface area contributed by atoms with E-state index in [1.807, 2.05) is 22.9 Å². The number of alkyl halides is 1. The molecular weight excluding hydrogens is 405 g/mol. The third-order valence-electron chi connectivity index (χ3n) is 1.89. The monoisotopic (exact) mass is 415 g/mol. The summed E-state index contributed by atoms with van der Waals surface area (Å²) in [5, 5.41) is 0.103. The molecule has 0 atom stereocenters. The number of hydrogen-bond donors (Lipinski definition) is 1. The highest BCUT2D eigenvalue weighted by molar-refractivity contribution is 14.1.